The number of hydrogen-bond donors (Lipinski definition) is 1. The SMILES string of the molecule is CCCc1ccc2oc(=O)cc(CNC(=O)C(C)Oc3c(F)c(F)c(F)c(F)c3F)c2c1. The van der Waals surface area contributed by atoms with Crippen molar-refractivity contribution in [2.45, 2.75) is 39.3 Å². The molecule has 0 spiro atoms. The number of amides is 1. The second-order valence-corrected chi connectivity index (χ2v) is 7.05. The van der Waals surface area contributed by atoms with Gasteiger partial charge in [0.1, 0.15) is 5.58 Å². The van der Waals surface area contributed by atoms with Gasteiger partial charge in [0.2, 0.25) is 29.1 Å². The highest BCUT2D eigenvalue weighted by Gasteiger charge is 2.29. The lowest BCUT2D eigenvalue weighted by molar-refractivity contribution is -0.127. The van der Waals surface area contributed by atoms with Crippen molar-refractivity contribution in [2.24, 2.45) is 0 Å². The quantitative estimate of drug-likeness (QED) is 0.246. The van der Waals surface area contributed by atoms with Crippen molar-refractivity contribution < 1.29 is 35.9 Å². The first-order valence-electron chi connectivity index (χ1n) is 9.65. The van der Waals surface area contributed by atoms with E-state index >= 15 is 0 Å². The summed E-state index contributed by atoms with van der Waals surface area (Å²) >= 11 is 0. The van der Waals surface area contributed by atoms with E-state index < -0.39 is 52.5 Å². The molecular formula is C22H18F5NO4. The number of benzene rings is 2. The van der Waals surface area contributed by atoms with E-state index in [1.807, 2.05) is 19.1 Å². The molecule has 1 amide bonds. The predicted octanol–water partition coefficient (Wildman–Crippen LogP) is 4.52. The maximum atomic E-state index is 13.8. The monoisotopic (exact) mass is 455 g/mol. The minimum atomic E-state index is -2.33. The molecule has 2 aromatic carbocycles. The van der Waals surface area contributed by atoms with Gasteiger partial charge in [-0.1, -0.05) is 19.4 Å². The lowest BCUT2D eigenvalue weighted by Gasteiger charge is -2.17. The average Bonchev–Trinajstić information content (AvgIpc) is 2.77. The van der Waals surface area contributed by atoms with Crippen molar-refractivity contribution >= 4 is 16.9 Å². The summed E-state index contributed by atoms with van der Waals surface area (Å²) in [6, 6.07) is 6.46. The van der Waals surface area contributed by atoms with Gasteiger partial charge in [0, 0.05) is 18.0 Å². The highest BCUT2D eigenvalue weighted by molar-refractivity contribution is 5.83. The molecular weight excluding hydrogens is 437 g/mol. The minimum absolute atomic E-state index is 0.165. The Balaban J connectivity index is 1.80. The first-order valence-corrected chi connectivity index (χ1v) is 9.65. The summed E-state index contributed by atoms with van der Waals surface area (Å²) in [7, 11) is 0. The van der Waals surface area contributed by atoms with Crippen LogP contribution in [0.3, 0.4) is 0 Å². The second kappa shape index (κ2) is 9.37. The first-order chi connectivity index (χ1) is 15.1. The van der Waals surface area contributed by atoms with E-state index in [-0.39, 0.29) is 6.54 Å². The molecule has 170 valence electrons. The fourth-order valence-corrected chi connectivity index (χ4v) is 3.11. The highest BCUT2D eigenvalue weighted by atomic mass is 19.2. The fourth-order valence-electron chi connectivity index (χ4n) is 3.11. The largest absolute Gasteiger partial charge is 0.475 e. The van der Waals surface area contributed by atoms with E-state index in [9.17, 15) is 31.5 Å². The molecule has 1 heterocycles. The number of fused-ring (bicyclic) bond motifs is 1. The molecule has 0 saturated carbocycles. The third kappa shape index (κ3) is 4.58. The Kier molecular flexibility index (Phi) is 6.81. The summed E-state index contributed by atoms with van der Waals surface area (Å²) < 4.78 is 77.2. The Morgan fingerprint density at radius 1 is 1.03 bits per heavy atom. The van der Waals surface area contributed by atoms with Gasteiger partial charge in [0.15, 0.2) is 11.9 Å². The molecule has 32 heavy (non-hydrogen) atoms. The Hall–Kier alpha value is -3.43. The Morgan fingerprint density at radius 2 is 1.66 bits per heavy atom. The molecule has 5 nitrogen and oxygen atoms in total. The topological polar surface area (TPSA) is 68.5 Å². The number of ether oxygens (including phenoxy) is 1. The summed E-state index contributed by atoms with van der Waals surface area (Å²) in [5.74, 6) is -13.5. The first kappa shape index (κ1) is 23.2. The van der Waals surface area contributed by atoms with Crippen LogP contribution in [0, 0.1) is 29.1 Å². The van der Waals surface area contributed by atoms with Gasteiger partial charge >= 0.3 is 5.63 Å². The summed E-state index contributed by atoms with van der Waals surface area (Å²) in [6.45, 7) is 2.91. The van der Waals surface area contributed by atoms with Crippen LogP contribution in [0.1, 0.15) is 31.4 Å². The van der Waals surface area contributed by atoms with Crippen LogP contribution in [0.15, 0.2) is 33.5 Å². The third-order valence-electron chi connectivity index (χ3n) is 4.72. The maximum Gasteiger partial charge on any atom is 0.336 e. The van der Waals surface area contributed by atoms with Crippen molar-refractivity contribution in [1.82, 2.24) is 5.32 Å². The van der Waals surface area contributed by atoms with Crippen LogP contribution >= 0.6 is 0 Å². The molecule has 0 aliphatic rings. The molecule has 1 unspecified atom stereocenters. The van der Waals surface area contributed by atoms with Crippen LogP contribution in [-0.2, 0) is 17.8 Å². The van der Waals surface area contributed by atoms with Gasteiger partial charge in [-0.3, -0.25) is 4.79 Å². The van der Waals surface area contributed by atoms with Crippen molar-refractivity contribution in [2.75, 3.05) is 0 Å². The molecule has 1 aromatic heterocycles. The van der Waals surface area contributed by atoms with Crippen molar-refractivity contribution in [3.63, 3.8) is 0 Å². The van der Waals surface area contributed by atoms with Crippen molar-refractivity contribution in [3.8, 4) is 5.75 Å². The number of carbonyl (C=O) groups is 1. The Morgan fingerprint density at radius 3 is 2.28 bits per heavy atom. The number of hydrogen-bond acceptors (Lipinski definition) is 4. The Labute approximate surface area is 178 Å². The molecule has 10 heteroatoms. The molecule has 0 aliphatic heterocycles. The summed E-state index contributed by atoms with van der Waals surface area (Å²) in [4.78, 5) is 24.1. The number of rotatable bonds is 7. The summed E-state index contributed by atoms with van der Waals surface area (Å²) in [5, 5.41) is 3.01. The van der Waals surface area contributed by atoms with E-state index in [2.05, 4.69) is 5.32 Å². The van der Waals surface area contributed by atoms with Crippen LogP contribution in [0.4, 0.5) is 22.0 Å². The smallest absolute Gasteiger partial charge is 0.336 e. The van der Waals surface area contributed by atoms with Gasteiger partial charge in [-0.05, 0) is 36.6 Å². The predicted molar refractivity (Wildman–Crippen MR) is 105 cm³/mol. The zero-order chi connectivity index (χ0) is 23.6. The van der Waals surface area contributed by atoms with E-state index in [1.165, 1.54) is 6.07 Å². The number of aryl methyl sites for hydroxylation is 1. The van der Waals surface area contributed by atoms with Crippen LogP contribution in [0.2, 0.25) is 0 Å². The van der Waals surface area contributed by atoms with Crippen molar-refractivity contribution in [1.29, 1.82) is 0 Å². The maximum absolute atomic E-state index is 13.8. The number of carbonyl (C=O) groups excluding carboxylic acids is 1. The Bertz CT molecular complexity index is 1210. The van der Waals surface area contributed by atoms with Gasteiger partial charge in [0.25, 0.3) is 5.91 Å². The molecule has 1 atom stereocenters. The molecule has 0 fully saturated rings. The normalized spacial score (nSPS) is 12.1. The third-order valence-corrected chi connectivity index (χ3v) is 4.72. The summed E-state index contributed by atoms with van der Waals surface area (Å²) in [6.07, 6.45) is 0.0690. The molecule has 0 bridgehead atoms. The van der Waals surface area contributed by atoms with Crippen molar-refractivity contribution in [3.05, 3.63) is 74.9 Å². The molecule has 1 N–H and O–H groups in total. The number of nitrogens with one attached hydrogen (secondary N) is 1. The van der Waals surface area contributed by atoms with Crippen LogP contribution in [0.5, 0.6) is 5.75 Å². The molecule has 3 aromatic rings. The van der Waals surface area contributed by atoms with Gasteiger partial charge in [0.05, 0.1) is 0 Å². The average molecular weight is 455 g/mol. The van der Waals surface area contributed by atoms with Gasteiger partial charge < -0.3 is 14.5 Å². The van der Waals surface area contributed by atoms with Crippen LogP contribution in [-0.4, -0.2) is 12.0 Å². The fraction of sp³-hybridized carbons (Fsp3) is 0.273. The van der Waals surface area contributed by atoms with E-state index in [0.29, 0.717) is 16.5 Å². The van der Waals surface area contributed by atoms with Gasteiger partial charge in [-0.15, -0.1) is 0 Å². The lowest BCUT2D eigenvalue weighted by Crippen LogP contribution is -2.36. The standard InChI is InChI=1S/C22H18F5NO4/c1-3-4-11-5-6-14-13(7-11)12(8-15(29)32-14)9-28-22(30)10(2)31-21-19(26)17(24)16(23)18(25)20(21)27/h5-8,10H,3-4,9H2,1-2H3,(H,28,30). The molecule has 0 radical (unpaired) electrons. The zero-order valence-electron chi connectivity index (χ0n) is 17.0. The molecule has 3 rings (SSSR count). The van der Waals surface area contributed by atoms with Gasteiger partial charge in [-0.25, -0.2) is 18.0 Å². The zero-order valence-corrected chi connectivity index (χ0v) is 17.0. The van der Waals surface area contributed by atoms with E-state index in [1.54, 1.807) is 6.07 Å². The van der Waals surface area contributed by atoms with E-state index in [0.717, 1.165) is 25.3 Å². The minimum Gasteiger partial charge on any atom is -0.475 e. The number of halogens is 5. The second-order valence-electron chi connectivity index (χ2n) is 7.05. The molecule has 0 saturated heterocycles. The molecule has 0 aliphatic carbocycles. The highest BCUT2D eigenvalue weighted by Crippen LogP contribution is 2.30. The lowest BCUT2D eigenvalue weighted by atomic mass is 10.0. The summed E-state index contributed by atoms with van der Waals surface area (Å²) in [5.41, 5.74) is 1.08. The van der Waals surface area contributed by atoms with Crippen LogP contribution in [0.25, 0.3) is 11.0 Å². The van der Waals surface area contributed by atoms with Crippen LogP contribution < -0.4 is 15.7 Å². The van der Waals surface area contributed by atoms with E-state index in [4.69, 9.17) is 9.15 Å². The van der Waals surface area contributed by atoms with Gasteiger partial charge in [-0.2, -0.15) is 8.78 Å².